The zero-order valence-electron chi connectivity index (χ0n) is 13.7. The van der Waals surface area contributed by atoms with Gasteiger partial charge in [-0.3, -0.25) is 9.48 Å². The van der Waals surface area contributed by atoms with Gasteiger partial charge in [0.05, 0.1) is 18.1 Å². The van der Waals surface area contributed by atoms with E-state index in [1.54, 1.807) is 0 Å². The number of thiophene rings is 1. The molecule has 0 bridgehead atoms. The third kappa shape index (κ3) is 2.76. The Labute approximate surface area is 142 Å². The van der Waals surface area contributed by atoms with Crippen molar-refractivity contribution in [2.75, 3.05) is 14.1 Å². The van der Waals surface area contributed by atoms with Crippen molar-refractivity contribution in [2.24, 2.45) is 0 Å². The van der Waals surface area contributed by atoms with Crippen LogP contribution in [0.4, 0.5) is 0 Å². The number of aromatic amines is 1. The summed E-state index contributed by atoms with van der Waals surface area (Å²) in [5.41, 5.74) is 0.749. The van der Waals surface area contributed by atoms with Crippen molar-refractivity contribution in [1.82, 2.24) is 24.1 Å². The topological polar surface area (TPSA) is 101 Å². The highest BCUT2D eigenvalue weighted by molar-refractivity contribution is 7.89. The lowest BCUT2D eigenvalue weighted by Gasteiger charge is -2.08. The fraction of sp³-hybridized carbons (Fsp3) is 0.357. The van der Waals surface area contributed by atoms with E-state index in [0.717, 1.165) is 14.7 Å². The van der Waals surface area contributed by atoms with Gasteiger partial charge in [0.15, 0.2) is 0 Å². The van der Waals surface area contributed by atoms with Crippen molar-refractivity contribution in [3.63, 3.8) is 0 Å². The first kappa shape index (κ1) is 16.8. The second-order valence-corrected chi connectivity index (χ2v) is 8.99. The van der Waals surface area contributed by atoms with Gasteiger partial charge in [-0.2, -0.15) is 5.10 Å². The van der Waals surface area contributed by atoms with Gasteiger partial charge < -0.3 is 4.98 Å². The van der Waals surface area contributed by atoms with Gasteiger partial charge in [-0.1, -0.05) is 0 Å². The summed E-state index contributed by atoms with van der Waals surface area (Å²) in [5.74, 6) is 0.436. The van der Waals surface area contributed by atoms with E-state index in [0.29, 0.717) is 16.0 Å². The van der Waals surface area contributed by atoms with Gasteiger partial charge in [-0.15, -0.1) is 11.3 Å². The Morgan fingerprint density at radius 2 is 2.04 bits per heavy atom. The molecule has 0 aliphatic rings. The van der Waals surface area contributed by atoms with Crippen LogP contribution in [0.2, 0.25) is 0 Å². The number of nitrogens with one attached hydrogen (secondary N) is 1. The van der Waals surface area contributed by atoms with E-state index in [1.165, 1.54) is 42.5 Å². The van der Waals surface area contributed by atoms with Gasteiger partial charge in [0.1, 0.15) is 15.6 Å². The van der Waals surface area contributed by atoms with Crippen LogP contribution in [0.3, 0.4) is 0 Å². The van der Waals surface area contributed by atoms with E-state index in [4.69, 9.17) is 0 Å². The Kier molecular flexibility index (Phi) is 4.06. The minimum atomic E-state index is -3.53. The van der Waals surface area contributed by atoms with Crippen LogP contribution < -0.4 is 5.56 Å². The molecule has 128 valence electrons. The number of sulfonamides is 1. The van der Waals surface area contributed by atoms with Gasteiger partial charge in [0.25, 0.3) is 5.56 Å². The van der Waals surface area contributed by atoms with Crippen molar-refractivity contribution in [1.29, 1.82) is 0 Å². The van der Waals surface area contributed by atoms with E-state index >= 15 is 0 Å². The molecule has 3 heterocycles. The summed E-state index contributed by atoms with van der Waals surface area (Å²) in [6, 6.07) is 0. The minimum absolute atomic E-state index is 0.0961. The largest absolute Gasteiger partial charge is 0.308 e. The average Bonchev–Trinajstić information content (AvgIpc) is 3.05. The average molecular weight is 367 g/mol. The molecule has 0 aliphatic carbocycles. The number of hydrogen-bond acceptors (Lipinski definition) is 6. The van der Waals surface area contributed by atoms with Crippen molar-refractivity contribution >= 4 is 31.6 Å². The third-order valence-electron chi connectivity index (χ3n) is 3.79. The van der Waals surface area contributed by atoms with E-state index in [9.17, 15) is 13.2 Å². The zero-order chi connectivity index (χ0) is 17.6. The van der Waals surface area contributed by atoms with Gasteiger partial charge in [-0.05, 0) is 19.4 Å². The molecule has 0 unspecified atom stereocenters. The van der Waals surface area contributed by atoms with E-state index < -0.39 is 10.0 Å². The molecule has 0 fully saturated rings. The Morgan fingerprint density at radius 1 is 1.33 bits per heavy atom. The predicted molar refractivity (Wildman–Crippen MR) is 91.9 cm³/mol. The molecule has 3 aromatic heterocycles. The van der Waals surface area contributed by atoms with Crippen LogP contribution in [0, 0.1) is 13.8 Å². The highest BCUT2D eigenvalue weighted by Gasteiger charge is 2.19. The first-order chi connectivity index (χ1) is 11.2. The van der Waals surface area contributed by atoms with Crippen LogP contribution in [0.5, 0.6) is 0 Å². The Balaban J connectivity index is 1.97. The second kappa shape index (κ2) is 5.80. The van der Waals surface area contributed by atoms with Gasteiger partial charge in [0.2, 0.25) is 10.0 Å². The molecule has 0 saturated carbocycles. The second-order valence-electron chi connectivity index (χ2n) is 5.64. The van der Waals surface area contributed by atoms with Gasteiger partial charge in [-0.25, -0.2) is 17.7 Å². The van der Waals surface area contributed by atoms with E-state index in [-0.39, 0.29) is 17.0 Å². The first-order valence-corrected chi connectivity index (χ1v) is 9.39. The molecule has 1 N–H and O–H groups in total. The molecule has 3 rings (SSSR count). The number of fused-ring (bicyclic) bond motifs is 1. The lowest BCUT2D eigenvalue weighted by atomic mass is 10.2. The standard InChI is InChI=1S/C14H17N5O3S2/c1-8-9(2)23-14-12(8)13(20)16-11(17-14)7-19-6-10(5-15-19)24(21,22)18(3)4/h5-6H,7H2,1-4H3,(H,16,17,20). The van der Waals surface area contributed by atoms with Crippen LogP contribution in [0.1, 0.15) is 16.3 Å². The van der Waals surface area contributed by atoms with E-state index in [2.05, 4.69) is 15.1 Å². The van der Waals surface area contributed by atoms with Crippen LogP contribution in [-0.4, -0.2) is 46.6 Å². The zero-order valence-corrected chi connectivity index (χ0v) is 15.3. The monoisotopic (exact) mass is 367 g/mol. The fourth-order valence-corrected chi connectivity index (χ4v) is 4.21. The molecule has 0 saturated heterocycles. The Bertz CT molecular complexity index is 1080. The summed E-state index contributed by atoms with van der Waals surface area (Å²) in [5, 5.41) is 4.65. The SMILES string of the molecule is Cc1sc2nc(Cn3cc(S(=O)(=O)N(C)C)cn3)[nH]c(=O)c2c1C. The Morgan fingerprint density at radius 3 is 2.71 bits per heavy atom. The molecule has 10 heteroatoms. The number of rotatable bonds is 4. The fourth-order valence-electron chi connectivity index (χ4n) is 2.30. The molecule has 0 spiro atoms. The summed E-state index contributed by atoms with van der Waals surface area (Å²) in [6.07, 6.45) is 2.70. The van der Waals surface area contributed by atoms with Gasteiger partial charge in [0, 0.05) is 25.2 Å². The van der Waals surface area contributed by atoms with Crippen molar-refractivity contribution in [3.8, 4) is 0 Å². The van der Waals surface area contributed by atoms with Crippen LogP contribution in [0.25, 0.3) is 10.2 Å². The molecular weight excluding hydrogens is 350 g/mol. The maximum atomic E-state index is 12.3. The lowest BCUT2D eigenvalue weighted by molar-refractivity contribution is 0.520. The predicted octanol–water partition coefficient (Wildman–Crippen LogP) is 1.10. The number of nitrogens with zero attached hydrogens (tertiary/aromatic N) is 4. The maximum Gasteiger partial charge on any atom is 0.259 e. The highest BCUT2D eigenvalue weighted by atomic mass is 32.2. The molecule has 0 atom stereocenters. The molecule has 0 radical (unpaired) electrons. The smallest absolute Gasteiger partial charge is 0.259 e. The number of H-pyrrole nitrogens is 1. The first-order valence-electron chi connectivity index (χ1n) is 7.14. The van der Waals surface area contributed by atoms with Crippen LogP contribution >= 0.6 is 11.3 Å². The molecule has 0 aromatic carbocycles. The van der Waals surface area contributed by atoms with Gasteiger partial charge >= 0.3 is 0 Å². The summed E-state index contributed by atoms with van der Waals surface area (Å²) >= 11 is 1.47. The number of hydrogen-bond donors (Lipinski definition) is 1. The summed E-state index contributed by atoms with van der Waals surface area (Å²) in [6.45, 7) is 4.04. The molecule has 8 nitrogen and oxygen atoms in total. The minimum Gasteiger partial charge on any atom is -0.308 e. The maximum absolute atomic E-state index is 12.3. The van der Waals surface area contributed by atoms with E-state index in [1.807, 2.05) is 13.8 Å². The normalized spacial score (nSPS) is 12.4. The third-order valence-corrected chi connectivity index (χ3v) is 6.66. The lowest BCUT2D eigenvalue weighted by Crippen LogP contribution is -2.21. The summed E-state index contributed by atoms with van der Waals surface area (Å²) in [4.78, 5) is 21.3. The highest BCUT2D eigenvalue weighted by Crippen LogP contribution is 2.25. The molecular formula is C14H17N5O3S2. The van der Waals surface area contributed by atoms with Crippen molar-refractivity contribution in [2.45, 2.75) is 25.3 Å². The number of aryl methyl sites for hydroxylation is 2. The molecule has 0 aliphatic heterocycles. The van der Waals surface area contributed by atoms with Crippen molar-refractivity contribution in [3.05, 3.63) is 39.0 Å². The number of aromatic nitrogens is 4. The quantitative estimate of drug-likeness (QED) is 0.744. The summed E-state index contributed by atoms with van der Waals surface area (Å²) in [7, 11) is -0.615. The molecule has 24 heavy (non-hydrogen) atoms. The van der Waals surface area contributed by atoms with Crippen LogP contribution in [0.15, 0.2) is 22.1 Å². The van der Waals surface area contributed by atoms with Crippen molar-refractivity contribution < 1.29 is 8.42 Å². The van der Waals surface area contributed by atoms with Crippen LogP contribution in [-0.2, 0) is 16.6 Å². The molecule has 3 aromatic rings. The summed E-state index contributed by atoms with van der Waals surface area (Å²) < 4.78 is 26.7. The molecule has 0 amide bonds. The Hall–Kier alpha value is -2.04.